The Hall–Kier alpha value is -4.75. The molecule has 2 atom stereocenters. The lowest BCUT2D eigenvalue weighted by Crippen LogP contribution is -2.37. The van der Waals surface area contributed by atoms with Crippen LogP contribution in [-0.4, -0.2) is 33.6 Å². The van der Waals surface area contributed by atoms with Crippen LogP contribution in [0.2, 0.25) is 0 Å². The highest BCUT2D eigenvalue weighted by Crippen LogP contribution is 2.32. The fraction of sp³-hybridized carbons (Fsp3) is 0.267. The van der Waals surface area contributed by atoms with Crippen molar-refractivity contribution in [2.24, 2.45) is 0 Å². The molecular weight excluding hydrogens is 595 g/mol. The molecule has 44 heavy (non-hydrogen) atoms. The van der Waals surface area contributed by atoms with E-state index < -0.39 is 65.6 Å². The van der Waals surface area contributed by atoms with Gasteiger partial charge in [-0.2, -0.15) is 5.10 Å². The van der Waals surface area contributed by atoms with Gasteiger partial charge in [0.1, 0.15) is 34.9 Å². The first-order valence-electron chi connectivity index (χ1n) is 13.3. The number of benzene rings is 2. The minimum absolute atomic E-state index is 0.0925. The number of nitrogens with zero attached hydrogens (tertiary/aromatic N) is 3. The molecule has 0 aliphatic carbocycles. The zero-order valence-electron chi connectivity index (χ0n) is 23.3. The summed E-state index contributed by atoms with van der Waals surface area (Å²) in [6, 6.07) is 7.35. The maximum absolute atomic E-state index is 14.4. The Balaban J connectivity index is 1.81. The Bertz CT molecular complexity index is 1640. The SMILES string of the molecule is CCC(C(=O)N[C@@H](Cc1cc(F)cc(F)c1)c1ncccc1-c1ccc(F)c(C(=O)NC)c1)n1nc(C(F)F)cc1C(F)F. The summed E-state index contributed by atoms with van der Waals surface area (Å²) in [5.74, 6) is -4.23. The average Bonchev–Trinajstić information content (AvgIpc) is 3.42. The quantitative estimate of drug-likeness (QED) is 0.184. The molecule has 0 saturated heterocycles. The van der Waals surface area contributed by atoms with Gasteiger partial charge in [-0.1, -0.05) is 19.1 Å². The van der Waals surface area contributed by atoms with E-state index in [9.17, 15) is 40.3 Å². The summed E-state index contributed by atoms with van der Waals surface area (Å²) in [7, 11) is 1.32. The second-order valence-corrected chi connectivity index (χ2v) is 9.72. The van der Waals surface area contributed by atoms with E-state index in [1.54, 1.807) is 6.07 Å². The van der Waals surface area contributed by atoms with E-state index in [1.807, 2.05) is 0 Å². The van der Waals surface area contributed by atoms with Crippen molar-refractivity contribution < 1.29 is 40.3 Å². The molecule has 14 heteroatoms. The zero-order valence-corrected chi connectivity index (χ0v) is 23.3. The number of rotatable bonds is 11. The van der Waals surface area contributed by atoms with Crippen LogP contribution < -0.4 is 10.6 Å². The highest BCUT2D eigenvalue weighted by atomic mass is 19.3. The van der Waals surface area contributed by atoms with E-state index in [2.05, 4.69) is 20.7 Å². The second-order valence-electron chi connectivity index (χ2n) is 9.72. The molecule has 2 amide bonds. The molecule has 0 spiro atoms. The summed E-state index contributed by atoms with van der Waals surface area (Å²) in [5.41, 5.74) is -1.29. The molecule has 0 bridgehead atoms. The van der Waals surface area contributed by atoms with E-state index >= 15 is 0 Å². The van der Waals surface area contributed by atoms with Crippen molar-refractivity contribution in [1.82, 2.24) is 25.4 Å². The molecule has 4 rings (SSSR count). The fourth-order valence-corrected chi connectivity index (χ4v) is 4.81. The molecule has 2 aromatic carbocycles. The Labute approximate surface area is 247 Å². The lowest BCUT2D eigenvalue weighted by molar-refractivity contribution is -0.125. The van der Waals surface area contributed by atoms with Crippen molar-refractivity contribution in [2.45, 2.75) is 44.7 Å². The van der Waals surface area contributed by atoms with Crippen molar-refractivity contribution >= 4 is 11.8 Å². The summed E-state index contributed by atoms with van der Waals surface area (Å²) in [5, 5.41) is 8.54. The van der Waals surface area contributed by atoms with Crippen LogP contribution in [0, 0.1) is 17.5 Å². The van der Waals surface area contributed by atoms with Gasteiger partial charge in [-0.25, -0.2) is 30.7 Å². The maximum Gasteiger partial charge on any atom is 0.282 e. The molecule has 232 valence electrons. The lowest BCUT2D eigenvalue weighted by atomic mass is 9.94. The topological polar surface area (TPSA) is 88.9 Å². The van der Waals surface area contributed by atoms with E-state index in [-0.39, 0.29) is 29.7 Å². The predicted molar refractivity (Wildman–Crippen MR) is 145 cm³/mol. The third-order valence-corrected chi connectivity index (χ3v) is 6.81. The van der Waals surface area contributed by atoms with Crippen molar-refractivity contribution in [2.75, 3.05) is 7.05 Å². The van der Waals surface area contributed by atoms with E-state index in [1.165, 1.54) is 38.4 Å². The van der Waals surface area contributed by atoms with Crippen LogP contribution in [0.4, 0.5) is 30.7 Å². The van der Waals surface area contributed by atoms with Gasteiger partial charge in [0.25, 0.3) is 18.8 Å². The number of carbonyl (C=O) groups is 2. The molecular formula is C30H26F7N5O2. The minimum Gasteiger partial charge on any atom is -0.355 e. The van der Waals surface area contributed by atoms with Gasteiger partial charge >= 0.3 is 0 Å². The van der Waals surface area contributed by atoms with Crippen LogP contribution in [0.3, 0.4) is 0 Å². The van der Waals surface area contributed by atoms with Gasteiger partial charge in [-0.15, -0.1) is 0 Å². The van der Waals surface area contributed by atoms with Gasteiger partial charge in [0.15, 0.2) is 0 Å². The number of carbonyl (C=O) groups excluding carboxylic acids is 2. The van der Waals surface area contributed by atoms with Crippen LogP contribution in [0.1, 0.15) is 71.3 Å². The van der Waals surface area contributed by atoms with Crippen LogP contribution in [0.25, 0.3) is 11.1 Å². The standard InChI is InChI=1S/C30H26F7N5O2/c1-3-24(42-25(28(36)37)14-23(41-42)27(34)35)30(44)40-22(11-15-9-17(31)13-18(32)10-15)26-19(5-4-8-39-26)16-6-7-21(33)20(12-16)29(43)38-2/h4-10,12-14,22,24,27-28H,3,11H2,1-2H3,(H,38,43)(H,40,44)/t22-,24?/m0/s1. The van der Waals surface area contributed by atoms with Gasteiger partial charge in [-0.3, -0.25) is 19.3 Å². The Morgan fingerprint density at radius 2 is 1.64 bits per heavy atom. The lowest BCUT2D eigenvalue weighted by Gasteiger charge is -2.25. The van der Waals surface area contributed by atoms with Crippen LogP contribution in [0.5, 0.6) is 0 Å². The molecule has 4 aromatic rings. The number of alkyl halides is 4. The number of aromatic nitrogens is 3. The number of amides is 2. The van der Waals surface area contributed by atoms with Gasteiger partial charge < -0.3 is 10.6 Å². The molecule has 1 unspecified atom stereocenters. The largest absolute Gasteiger partial charge is 0.355 e. The van der Waals surface area contributed by atoms with Crippen molar-refractivity contribution in [1.29, 1.82) is 0 Å². The number of pyridine rings is 1. The molecule has 2 N–H and O–H groups in total. The number of hydrogen-bond donors (Lipinski definition) is 2. The first-order valence-corrected chi connectivity index (χ1v) is 13.3. The second kappa shape index (κ2) is 13.7. The van der Waals surface area contributed by atoms with Crippen LogP contribution in [-0.2, 0) is 11.2 Å². The Morgan fingerprint density at radius 3 is 2.25 bits per heavy atom. The fourth-order valence-electron chi connectivity index (χ4n) is 4.81. The zero-order chi connectivity index (χ0) is 32.1. The summed E-state index contributed by atoms with van der Waals surface area (Å²) in [6.45, 7) is 1.46. The molecule has 0 fully saturated rings. The Kier molecular flexibility index (Phi) is 10.0. The Morgan fingerprint density at radius 1 is 0.932 bits per heavy atom. The van der Waals surface area contributed by atoms with Gasteiger partial charge in [0.2, 0.25) is 5.91 Å². The molecule has 0 aliphatic rings. The molecule has 0 saturated carbocycles. The molecule has 7 nitrogen and oxygen atoms in total. The maximum atomic E-state index is 14.4. The predicted octanol–water partition coefficient (Wildman–Crippen LogP) is 6.65. The van der Waals surface area contributed by atoms with E-state index in [4.69, 9.17) is 0 Å². The van der Waals surface area contributed by atoms with Gasteiger partial charge in [0, 0.05) is 24.9 Å². The van der Waals surface area contributed by atoms with Crippen molar-refractivity contribution in [3.05, 3.63) is 106 Å². The van der Waals surface area contributed by atoms with E-state index in [0.717, 1.165) is 18.2 Å². The first-order chi connectivity index (χ1) is 20.9. The normalized spacial score (nSPS) is 12.8. The van der Waals surface area contributed by atoms with Crippen LogP contribution >= 0.6 is 0 Å². The monoisotopic (exact) mass is 621 g/mol. The highest BCUT2D eigenvalue weighted by Gasteiger charge is 2.31. The molecule has 0 aliphatic heterocycles. The number of hydrogen-bond acceptors (Lipinski definition) is 4. The van der Waals surface area contributed by atoms with Gasteiger partial charge in [-0.05, 0) is 60.4 Å². The molecule has 0 radical (unpaired) electrons. The van der Waals surface area contributed by atoms with Crippen molar-refractivity contribution in [3.63, 3.8) is 0 Å². The van der Waals surface area contributed by atoms with Crippen molar-refractivity contribution in [3.8, 4) is 11.1 Å². The third-order valence-electron chi connectivity index (χ3n) is 6.81. The minimum atomic E-state index is -3.22. The smallest absolute Gasteiger partial charge is 0.282 e. The highest BCUT2D eigenvalue weighted by molar-refractivity contribution is 5.95. The molecule has 2 aromatic heterocycles. The summed E-state index contributed by atoms with van der Waals surface area (Å²) < 4.78 is 97.4. The number of halogens is 7. The summed E-state index contributed by atoms with van der Waals surface area (Å²) in [6.07, 6.45) is -5.43. The van der Waals surface area contributed by atoms with Crippen LogP contribution in [0.15, 0.2) is 60.8 Å². The first kappa shape index (κ1) is 32.2. The van der Waals surface area contributed by atoms with Gasteiger partial charge in [0.05, 0.1) is 17.3 Å². The number of nitrogens with one attached hydrogen (secondary N) is 2. The van der Waals surface area contributed by atoms with E-state index in [0.29, 0.717) is 27.9 Å². The third kappa shape index (κ3) is 7.06. The summed E-state index contributed by atoms with van der Waals surface area (Å²) in [4.78, 5) is 30.2. The average molecular weight is 622 g/mol. The molecule has 2 heterocycles. The summed E-state index contributed by atoms with van der Waals surface area (Å²) >= 11 is 0.